The minimum absolute atomic E-state index is 0.454. The number of alkyl halides is 3. The molecule has 3 aromatic carbocycles. The molecule has 0 spiro atoms. The zero-order valence-corrected chi connectivity index (χ0v) is 15.7. The summed E-state index contributed by atoms with van der Waals surface area (Å²) in [6, 6.07) is 6.81. The second-order valence-electron chi connectivity index (χ2n) is 6.40. The molecule has 0 aliphatic rings. The van der Waals surface area contributed by atoms with Gasteiger partial charge in [0.15, 0.2) is 0 Å². The zero-order valence-electron chi connectivity index (χ0n) is 15.7. The van der Waals surface area contributed by atoms with Crippen LogP contribution in [0, 0.1) is 23.3 Å². The highest BCUT2D eigenvalue weighted by molar-refractivity contribution is 6.07. The molecule has 0 aliphatic heterocycles. The normalized spacial score (nSPS) is 11.2. The predicted octanol–water partition coefficient (Wildman–Crippen LogP) is 5.77. The van der Waals surface area contributed by atoms with E-state index < -0.39 is 69.3 Å². The summed E-state index contributed by atoms with van der Waals surface area (Å²) in [6.45, 7) is 0. The topological polar surface area (TPSA) is 58.2 Å². The molecule has 0 aromatic heterocycles. The maximum Gasteiger partial charge on any atom is 0.416 e. The summed E-state index contributed by atoms with van der Waals surface area (Å²) >= 11 is 0. The number of hydrogen-bond acceptors (Lipinski definition) is 2. The standard InChI is InChI=1S/C21H11F7N2O2/c22-13-3-1-4-14(23)17(13)19(31)29-11-7-10(21(26,27)28)8-12(9-11)30-20(32)18-15(24)5-2-6-16(18)25/h1-9H,(H,29,31)(H,30,32). The first kappa shape index (κ1) is 22.8. The van der Waals surface area contributed by atoms with Crippen LogP contribution in [0.15, 0.2) is 54.6 Å². The van der Waals surface area contributed by atoms with Crippen molar-refractivity contribution in [3.05, 3.63) is 94.6 Å². The molecule has 0 fully saturated rings. The van der Waals surface area contributed by atoms with Gasteiger partial charge in [-0.15, -0.1) is 0 Å². The van der Waals surface area contributed by atoms with E-state index in [1.165, 1.54) is 0 Å². The van der Waals surface area contributed by atoms with Crippen LogP contribution in [0.3, 0.4) is 0 Å². The minimum Gasteiger partial charge on any atom is -0.322 e. The van der Waals surface area contributed by atoms with Gasteiger partial charge in [-0.2, -0.15) is 13.2 Å². The van der Waals surface area contributed by atoms with Crippen molar-refractivity contribution >= 4 is 23.2 Å². The van der Waals surface area contributed by atoms with Gasteiger partial charge in [-0.25, -0.2) is 17.6 Å². The first-order chi connectivity index (χ1) is 15.0. The van der Waals surface area contributed by atoms with Gasteiger partial charge in [0.05, 0.1) is 5.56 Å². The van der Waals surface area contributed by atoms with Crippen LogP contribution >= 0.6 is 0 Å². The molecule has 0 heterocycles. The lowest BCUT2D eigenvalue weighted by Crippen LogP contribution is -2.19. The summed E-state index contributed by atoms with van der Waals surface area (Å²) in [4.78, 5) is 24.4. The van der Waals surface area contributed by atoms with Crippen LogP contribution in [0.5, 0.6) is 0 Å². The molecule has 0 saturated heterocycles. The van der Waals surface area contributed by atoms with E-state index in [-0.39, 0.29) is 0 Å². The second kappa shape index (κ2) is 8.69. The fourth-order valence-electron chi connectivity index (χ4n) is 2.75. The van der Waals surface area contributed by atoms with E-state index in [9.17, 15) is 40.3 Å². The number of benzene rings is 3. The molecule has 4 nitrogen and oxygen atoms in total. The summed E-state index contributed by atoms with van der Waals surface area (Å²) < 4.78 is 94.9. The van der Waals surface area contributed by atoms with Gasteiger partial charge in [0.1, 0.15) is 34.4 Å². The Labute approximate surface area is 175 Å². The molecule has 0 unspecified atom stereocenters. The number of rotatable bonds is 4. The summed E-state index contributed by atoms with van der Waals surface area (Å²) in [5, 5.41) is 3.82. The Morgan fingerprint density at radius 2 is 0.969 bits per heavy atom. The lowest BCUT2D eigenvalue weighted by atomic mass is 10.1. The number of hydrogen-bond donors (Lipinski definition) is 2. The van der Waals surface area contributed by atoms with E-state index in [1.807, 2.05) is 10.6 Å². The quantitative estimate of drug-likeness (QED) is 0.490. The SMILES string of the molecule is O=C(Nc1cc(NC(=O)c2c(F)cccc2F)cc(C(F)(F)F)c1)c1c(F)cccc1F. The van der Waals surface area contributed by atoms with Crippen molar-refractivity contribution in [3.63, 3.8) is 0 Å². The summed E-state index contributed by atoms with van der Waals surface area (Å²) in [5.74, 6) is -7.79. The van der Waals surface area contributed by atoms with Crippen molar-refractivity contribution in [1.29, 1.82) is 0 Å². The van der Waals surface area contributed by atoms with Gasteiger partial charge in [0, 0.05) is 11.4 Å². The maximum absolute atomic E-state index is 13.8. The van der Waals surface area contributed by atoms with E-state index in [1.54, 1.807) is 0 Å². The highest BCUT2D eigenvalue weighted by atomic mass is 19.4. The molecule has 0 saturated carbocycles. The number of carbonyl (C=O) groups excluding carboxylic acids is 2. The maximum atomic E-state index is 13.8. The lowest BCUT2D eigenvalue weighted by Gasteiger charge is -2.14. The van der Waals surface area contributed by atoms with Crippen molar-refractivity contribution in [1.82, 2.24) is 0 Å². The lowest BCUT2D eigenvalue weighted by molar-refractivity contribution is -0.137. The molecule has 0 atom stereocenters. The van der Waals surface area contributed by atoms with E-state index in [0.717, 1.165) is 42.5 Å². The number of amides is 2. The Bertz CT molecular complexity index is 1080. The molecule has 32 heavy (non-hydrogen) atoms. The fraction of sp³-hybridized carbons (Fsp3) is 0.0476. The van der Waals surface area contributed by atoms with Crippen LogP contribution in [-0.4, -0.2) is 11.8 Å². The van der Waals surface area contributed by atoms with E-state index in [0.29, 0.717) is 12.1 Å². The van der Waals surface area contributed by atoms with Crippen LogP contribution in [0.4, 0.5) is 42.1 Å². The van der Waals surface area contributed by atoms with Crippen molar-refractivity contribution in [2.45, 2.75) is 6.18 Å². The first-order valence-corrected chi connectivity index (χ1v) is 8.70. The van der Waals surface area contributed by atoms with E-state index >= 15 is 0 Å². The second-order valence-corrected chi connectivity index (χ2v) is 6.40. The van der Waals surface area contributed by atoms with Gasteiger partial charge in [-0.3, -0.25) is 9.59 Å². The van der Waals surface area contributed by atoms with Gasteiger partial charge in [-0.05, 0) is 42.5 Å². The molecule has 166 valence electrons. The Kier molecular flexibility index (Phi) is 6.19. The third-order valence-electron chi connectivity index (χ3n) is 4.16. The zero-order chi connectivity index (χ0) is 23.6. The Hall–Kier alpha value is -3.89. The third kappa shape index (κ3) is 4.88. The molecule has 0 radical (unpaired) electrons. The number of anilines is 2. The Balaban J connectivity index is 1.97. The number of carbonyl (C=O) groups is 2. The van der Waals surface area contributed by atoms with Crippen LogP contribution in [0.2, 0.25) is 0 Å². The predicted molar refractivity (Wildman–Crippen MR) is 100 cm³/mol. The minimum atomic E-state index is -4.95. The molecule has 3 rings (SSSR count). The van der Waals surface area contributed by atoms with Crippen LogP contribution in [-0.2, 0) is 6.18 Å². The molecule has 2 N–H and O–H groups in total. The van der Waals surface area contributed by atoms with Gasteiger partial charge < -0.3 is 10.6 Å². The molecular formula is C21H11F7N2O2. The third-order valence-corrected chi connectivity index (χ3v) is 4.16. The first-order valence-electron chi connectivity index (χ1n) is 8.70. The smallest absolute Gasteiger partial charge is 0.322 e. The van der Waals surface area contributed by atoms with Gasteiger partial charge in [-0.1, -0.05) is 12.1 Å². The number of halogens is 7. The highest BCUT2D eigenvalue weighted by Gasteiger charge is 2.32. The van der Waals surface area contributed by atoms with Crippen molar-refractivity contribution < 1.29 is 40.3 Å². The summed E-state index contributed by atoms with van der Waals surface area (Å²) in [6.07, 6.45) is -4.95. The molecular weight excluding hydrogens is 445 g/mol. The van der Waals surface area contributed by atoms with Crippen molar-refractivity contribution in [2.24, 2.45) is 0 Å². The average Bonchev–Trinajstić information content (AvgIpc) is 2.66. The molecule has 0 aliphatic carbocycles. The van der Waals surface area contributed by atoms with E-state index in [2.05, 4.69) is 0 Å². The summed E-state index contributed by atoms with van der Waals surface area (Å²) in [5.41, 5.74) is -4.60. The monoisotopic (exact) mass is 456 g/mol. The highest BCUT2D eigenvalue weighted by Crippen LogP contribution is 2.34. The van der Waals surface area contributed by atoms with Crippen molar-refractivity contribution in [3.8, 4) is 0 Å². The van der Waals surface area contributed by atoms with E-state index in [4.69, 9.17) is 0 Å². The fourth-order valence-corrected chi connectivity index (χ4v) is 2.75. The molecule has 2 amide bonds. The van der Waals surface area contributed by atoms with Crippen molar-refractivity contribution in [2.75, 3.05) is 10.6 Å². The summed E-state index contributed by atoms with van der Waals surface area (Å²) in [7, 11) is 0. The molecule has 3 aromatic rings. The number of nitrogens with one attached hydrogen (secondary N) is 2. The van der Waals surface area contributed by atoms with Gasteiger partial charge in [0.2, 0.25) is 0 Å². The Morgan fingerprint density at radius 1 is 0.625 bits per heavy atom. The Morgan fingerprint density at radius 3 is 1.28 bits per heavy atom. The van der Waals surface area contributed by atoms with Gasteiger partial charge in [0.25, 0.3) is 11.8 Å². The van der Waals surface area contributed by atoms with Crippen LogP contribution in [0.25, 0.3) is 0 Å². The molecule has 11 heteroatoms. The van der Waals surface area contributed by atoms with Gasteiger partial charge >= 0.3 is 6.18 Å². The average molecular weight is 456 g/mol. The molecule has 0 bridgehead atoms. The van der Waals surface area contributed by atoms with Crippen LogP contribution in [0.1, 0.15) is 26.3 Å². The largest absolute Gasteiger partial charge is 0.416 e. The van der Waals surface area contributed by atoms with Crippen LogP contribution < -0.4 is 10.6 Å².